The predicted molar refractivity (Wildman–Crippen MR) is 124 cm³/mol. The molecule has 0 saturated carbocycles. The third-order valence-corrected chi connectivity index (χ3v) is 7.63. The summed E-state index contributed by atoms with van der Waals surface area (Å²) in [4.78, 5) is 0. The van der Waals surface area contributed by atoms with Gasteiger partial charge >= 0.3 is 0 Å². The zero-order valence-electron chi connectivity index (χ0n) is 16.8. The molecule has 138 valence electrons. The monoisotopic (exact) mass is 380 g/mol. The normalized spacial score (nSPS) is 13.5. The Morgan fingerprint density at radius 1 is 0.786 bits per heavy atom. The molecule has 0 aromatic heterocycles. The maximum Gasteiger partial charge on any atom is 0.143 e. The lowest BCUT2D eigenvalue weighted by molar-refractivity contribution is 0.437. The van der Waals surface area contributed by atoms with E-state index >= 15 is 0 Å². The lowest BCUT2D eigenvalue weighted by Gasteiger charge is -2.28. The molecule has 1 aliphatic heterocycles. The van der Waals surface area contributed by atoms with Crippen molar-refractivity contribution in [3.63, 3.8) is 0 Å². The van der Waals surface area contributed by atoms with Crippen molar-refractivity contribution < 1.29 is 4.74 Å². The Labute approximate surface area is 167 Å². The topological polar surface area (TPSA) is 9.23 Å². The molecule has 28 heavy (non-hydrogen) atoms. The van der Waals surface area contributed by atoms with Crippen LogP contribution in [0.4, 0.5) is 0 Å². The van der Waals surface area contributed by atoms with Crippen LogP contribution >= 0.6 is 0 Å². The van der Waals surface area contributed by atoms with Crippen LogP contribution < -0.4 is 9.92 Å². The lowest BCUT2D eigenvalue weighted by atomic mass is 9.91. The van der Waals surface area contributed by atoms with Gasteiger partial charge in [0.05, 0.1) is 8.07 Å². The van der Waals surface area contributed by atoms with Crippen molar-refractivity contribution in [2.75, 3.05) is 0 Å². The molecule has 0 saturated heterocycles. The third kappa shape index (κ3) is 2.60. The zero-order chi connectivity index (χ0) is 19.5. The van der Waals surface area contributed by atoms with E-state index in [9.17, 15) is 0 Å². The Morgan fingerprint density at radius 3 is 2.25 bits per heavy atom. The first-order valence-corrected chi connectivity index (χ1v) is 13.4. The van der Waals surface area contributed by atoms with E-state index in [4.69, 9.17) is 4.74 Å². The molecule has 4 aromatic carbocycles. The second-order valence-electron chi connectivity index (χ2n) is 8.71. The molecule has 1 heterocycles. The van der Waals surface area contributed by atoms with E-state index in [1.54, 1.807) is 0 Å². The molecule has 1 aliphatic rings. The van der Waals surface area contributed by atoms with Crippen molar-refractivity contribution in [3.8, 4) is 16.9 Å². The van der Waals surface area contributed by atoms with E-state index in [0.29, 0.717) is 0 Å². The van der Waals surface area contributed by atoms with Gasteiger partial charge in [0.15, 0.2) is 0 Å². The maximum atomic E-state index is 6.46. The first kappa shape index (κ1) is 17.3. The van der Waals surface area contributed by atoms with Crippen LogP contribution in [0.5, 0.6) is 5.75 Å². The molecule has 0 amide bonds. The van der Waals surface area contributed by atoms with Crippen molar-refractivity contribution in [3.05, 3.63) is 78.1 Å². The maximum absolute atomic E-state index is 6.46. The minimum atomic E-state index is -1.61. The van der Waals surface area contributed by atoms with Crippen molar-refractivity contribution in [1.29, 1.82) is 0 Å². The number of hydrogen-bond acceptors (Lipinski definition) is 1. The highest BCUT2D eigenvalue weighted by molar-refractivity contribution is 6.90. The third-order valence-electron chi connectivity index (χ3n) is 5.62. The molecule has 0 spiro atoms. The van der Waals surface area contributed by atoms with Gasteiger partial charge in [-0.3, -0.25) is 0 Å². The second kappa shape index (κ2) is 6.08. The van der Waals surface area contributed by atoms with Crippen LogP contribution in [0.1, 0.15) is 12.5 Å². The van der Waals surface area contributed by atoms with Crippen molar-refractivity contribution in [2.24, 2.45) is 0 Å². The summed E-state index contributed by atoms with van der Waals surface area (Å²) in [6, 6.07) is 24.2. The summed E-state index contributed by atoms with van der Waals surface area (Å²) in [7, 11) is -1.61. The van der Waals surface area contributed by atoms with E-state index in [1.807, 2.05) is 0 Å². The molecule has 4 aromatic rings. The number of fused-ring (bicyclic) bond motifs is 2. The summed E-state index contributed by atoms with van der Waals surface area (Å²) in [5.74, 6) is 1.98. The fourth-order valence-electron chi connectivity index (χ4n) is 4.37. The smallest absolute Gasteiger partial charge is 0.143 e. The van der Waals surface area contributed by atoms with Crippen molar-refractivity contribution in [2.45, 2.75) is 26.6 Å². The van der Waals surface area contributed by atoms with Gasteiger partial charge in [0.2, 0.25) is 0 Å². The molecule has 0 bridgehead atoms. The minimum Gasteiger partial charge on any atom is -0.461 e. The van der Waals surface area contributed by atoms with E-state index in [0.717, 1.165) is 11.5 Å². The average molecular weight is 381 g/mol. The van der Waals surface area contributed by atoms with Crippen LogP contribution in [-0.2, 0) is 0 Å². The van der Waals surface area contributed by atoms with E-state index in [-0.39, 0.29) is 0 Å². The standard InChI is InChI=1S/C26H24OSi/c1-17-14-22-21-13-9-8-12-19(21)15-20-16-23(28(2,3)4)25(26(27-17)24(20)22)18-10-6-5-7-11-18/h5-16H,1-4H3. The highest BCUT2D eigenvalue weighted by Crippen LogP contribution is 2.45. The Morgan fingerprint density at radius 2 is 1.50 bits per heavy atom. The van der Waals surface area contributed by atoms with Crippen molar-refractivity contribution >= 4 is 40.9 Å². The average Bonchev–Trinajstić information content (AvgIpc) is 2.67. The molecule has 5 rings (SSSR count). The molecule has 0 unspecified atom stereocenters. The molecular formula is C26H24OSi. The minimum absolute atomic E-state index is 0.954. The summed E-state index contributed by atoms with van der Waals surface area (Å²) in [6.45, 7) is 9.31. The van der Waals surface area contributed by atoms with Gasteiger partial charge in [-0.2, -0.15) is 0 Å². The van der Waals surface area contributed by atoms with Crippen LogP contribution in [0.15, 0.2) is 72.5 Å². The first-order valence-electron chi connectivity index (χ1n) is 9.88. The van der Waals surface area contributed by atoms with Gasteiger partial charge in [-0.25, -0.2) is 0 Å². The molecule has 0 atom stereocenters. The van der Waals surface area contributed by atoms with E-state index in [2.05, 4.69) is 99.4 Å². The molecule has 0 radical (unpaired) electrons. The van der Waals surface area contributed by atoms with Crippen LogP contribution in [0.2, 0.25) is 19.6 Å². The van der Waals surface area contributed by atoms with Gasteiger partial charge < -0.3 is 4.74 Å². The van der Waals surface area contributed by atoms with Gasteiger partial charge in [0, 0.05) is 10.9 Å². The zero-order valence-corrected chi connectivity index (χ0v) is 17.8. The molecule has 1 nitrogen and oxygen atoms in total. The van der Waals surface area contributed by atoms with Crippen LogP contribution in [0.25, 0.3) is 38.7 Å². The van der Waals surface area contributed by atoms with Gasteiger partial charge in [0.25, 0.3) is 0 Å². The van der Waals surface area contributed by atoms with Crippen LogP contribution in [0.3, 0.4) is 0 Å². The lowest BCUT2D eigenvalue weighted by Crippen LogP contribution is -2.39. The predicted octanol–water partition coefficient (Wildman–Crippen LogP) is 6.96. The summed E-state index contributed by atoms with van der Waals surface area (Å²) in [6.07, 6.45) is 2.20. The Balaban J connectivity index is 2.02. The number of benzene rings is 4. The number of allylic oxidation sites excluding steroid dienone is 1. The van der Waals surface area contributed by atoms with Gasteiger partial charge in [-0.05, 0) is 51.5 Å². The fourth-order valence-corrected chi connectivity index (χ4v) is 5.97. The molecule has 2 heteroatoms. The summed E-state index contributed by atoms with van der Waals surface area (Å²) in [5.41, 5.74) is 3.80. The van der Waals surface area contributed by atoms with E-state index < -0.39 is 8.07 Å². The molecule has 0 N–H and O–H groups in total. The van der Waals surface area contributed by atoms with Gasteiger partial charge in [-0.15, -0.1) is 0 Å². The highest BCUT2D eigenvalue weighted by atomic mass is 28.3. The summed E-state index contributed by atoms with van der Waals surface area (Å²) < 4.78 is 6.46. The van der Waals surface area contributed by atoms with Gasteiger partial charge in [0.1, 0.15) is 11.5 Å². The fraction of sp³-hybridized carbons (Fsp3) is 0.154. The number of hydrogen-bond donors (Lipinski definition) is 0. The summed E-state index contributed by atoms with van der Waals surface area (Å²) >= 11 is 0. The number of rotatable bonds is 2. The SMILES string of the molecule is CC1=Cc2c3ccccc3cc3cc([Si](C)(C)C)c(-c4ccccc4)c(c23)O1. The van der Waals surface area contributed by atoms with Crippen molar-refractivity contribution in [1.82, 2.24) is 0 Å². The molecule has 0 aliphatic carbocycles. The number of ether oxygens (including phenoxy) is 1. The Bertz CT molecular complexity index is 1260. The van der Waals surface area contributed by atoms with Crippen LogP contribution in [-0.4, -0.2) is 8.07 Å². The first-order chi connectivity index (χ1) is 13.4. The Hall–Kier alpha value is -2.84. The quantitative estimate of drug-likeness (QED) is 0.270. The van der Waals surface area contributed by atoms with E-state index in [1.165, 1.54) is 43.4 Å². The largest absolute Gasteiger partial charge is 0.461 e. The second-order valence-corrected chi connectivity index (χ2v) is 13.7. The molecular weight excluding hydrogens is 356 g/mol. The summed E-state index contributed by atoms with van der Waals surface area (Å²) in [5, 5.41) is 6.56. The Kier molecular flexibility index (Phi) is 3.75. The van der Waals surface area contributed by atoms with Crippen LogP contribution in [0, 0.1) is 0 Å². The highest BCUT2D eigenvalue weighted by Gasteiger charge is 2.28. The van der Waals surface area contributed by atoms with Gasteiger partial charge in [-0.1, -0.05) is 80.3 Å². The molecule has 0 fully saturated rings.